The fourth-order valence-electron chi connectivity index (χ4n) is 3.34. The summed E-state index contributed by atoms with van der Waals surface area (Å²) in [7, 11) is 0. The van der Waals surface area contributed by atoms with Crippen LogP contribution in [-0.2, 0) is 9.53 Å². The van der Waals surface area contributed by atoms with E-state index in [0.29, 0.717) is 43.2 Å². The molecule has 3 N–H and O–H groups in total. The van der Waals surface area contributed by atoms with Crippen molar-refractivity contribution in [3.63, 3.8) is 0 Å². The normalized spacial score (nSPS) is 13.3. The molecule has 0 bridgehead atoms. The van der Waals surface area contributed by atoms with Crippen molar-refractivity contribution in [3.8, 4) is 0 Å². The van der Waals surface area contributed by atoms with Gasteiger partial charge in [-0.3, -0.25) is 14.4 Å². The molecule has 0 atom stereocenters. The van der Waals surface area contributed by atoms with E-state index in [1.165, 1.54) is 6.26 Å². The smallest absolute Gasteiger partial charge is 0.291 e. The highest BCUT2D eigenvalue weighted by Gasteiger charge is 2.18. The summed E-state index contributed by atoms with van der Waals surface area (Å²) in [5.74, 6) is -0.452. The Morgan fingerprint density at radius 2 is 1.58 bits per heavy atom. The zero-order chi connectivity index (χ0) is 23.0. The number of carbonyl (C=O) groups excluding carboxylic acids is 3. The van der Waals surface area contributed by atoms with Gasteiger partial charge >= 0.3 is 0 Å². The van der Waals surface area contributed by atoms with E-state index in [-0.39, 0.29) is 30.0 Å². The van der Waals surface area contributed by atoms with Crippen molar-refractivity contribution in [2.75, 3.05) is 48.8 Å². The molecule has 9 heteroatoms. The molecule has 170 valence electrons. The van der Waals surface area contributed by atoms with Crippen molar-refractivity contribution < 1.29 is 23.5 Å². The van der Waals surface area contributed by atoms with E-state index < -0.39 is 0 Å². The van der Waals surface area contributed by atoms with E-state index in [0.717, 1.165) is 5.69 Å². The van der Waals surface area contributed by atoms with E-state index in [9.17, 15) is 14.4 Å². The number of morpholine rings is 1. The van der Waals surface area contributed by atoms with Gasteiger partial charge < -0.3 is 30.0 Å². The molecule has 4 rings (SSSR count). The van der Waals surface area contributed by atoms with Gasteiger partial charge in [-0.1, -0.05) is 6.07 Å². The van der Waals surface area contributed by atoms with Crippen LogP contribution in [0.4, 0.5) is 17.1 Å². The third-order valence-electron chi connectivity index (χ3n) is 5.03. The second kappa shape index (κ2) is 10.5. The standard InChI is InChI=1S/C24H24N4O5/c29-22(26-19-3-1-4-20(15-19)27-23(30)21-5-2-12-33-21)16-25-18-8-6-17(7-9-18)24(31)28-10-13-32-14-11-28/h1-9,12,15,25H,10-11,13-14,16H2,(H,26,29)(H,27,30). The molecule has 1 aromatic heterocycles. The molecule has 9 nitrogen and oxygen atoms in total. The Morgan fingerprint density at radius 1 is 0.848 bits per heavy atom. The first-order valence-corrected chi connectivity index (χ1v) is 10.5. The number of furan rings is 1. The Labute approximate surface area is 190 Å². The van der Waals surface area contributed by atoms with Crippen LogP contribution in [0.5, 0.6) is 0 Å². The predicted molar refractivity (Wildman–Crippen MR) is 123 cm³/mol. The summed E-state index contributed by atoms with van der Waals surface area (Å²) < 4.78 is 10.3. The number of carbonyl (C=O) groups is 3. The minimum absolute atomic E-state index is 0.0263. The van der Waals surface area contributed by atoms with Crippen LogP contribution in [0, 0.1) is 0 Å². The summed E-state index contributed by atoms with van der Waals surface area (Å²) in [6, 6.07) is 17.0. The van der Waals surface area contributed by atoms with Gasteiger partial charge in [-0.05, 0) is 54.6 Å². The molecular formula is C24H24N4O5. The Morgan fingerprint density at radius 3 is 2.27 bits per heavy atom. The first-order chi connectivity index (χ1) is 16.1. The highest BCUT2D eigenvalue weighted by molar-refractivity contribution is 6.03. The van der Waals surface area contributed by atoms with Crippen LogP contribution in [0.2, 0.25) is 0 Å². The van der Waals surface area contributed by atoms with E-state index >= 15 is 0 Å². The van der Waals surface area contributed by atoms with Gasteiger partial charge in [-0.25, -0.2) is 0 Å². The molecule has 33 heavy (non-hydrogen) atoms. The topological polar surface area (TPSA) is 113 Å². The number of anilines is 3. The third-order valence-corrected chi connectivity index (χ3v) is 5.03. The number of hydrogen-bond acceptors (Lipinski definition) is 6. The fourth-order valence-corrected chi connectivity index (χ4v) is 3.34. The molecule has 3 aromatic rings. The molecule has 0 aliphatic carbocycles. The first kappa shape index (κ1) is 22.1. The lowest BCUT2D eigenvalue weighted by atomic mass is 10.1. The van der Waals surface area contributed by atoms with Gasteiger partial charge in [0.1, 0.15) is 0 Å². The quantitative estimate of drug-likeness (QED) is 0.512. The van der Waals surface area contributed by atoms with Crippen LogP contribution >= 0.6 is 0 Å². The predicted octanol–water partition coefficient (Wildman–Crippen LogP) is 3.05. The fraction of sp³-hybridized carbons (Fsp3) is 0.208. The summed E-state index contributed by atoms with van der Waals surface area (Å²) in [6.45, 7) is 2.33. The number of hydrogen-bond donors (Lipinski definition) is 3. The lowest BCUT2D eigenvalue weighted by Gasteiger charge is -2.26. The summed E-state index contributed by atoms with van der Waals surface area (Å²) in [5, 5.41) is 8.54. The highest BCUT2D eigenvalue weighted by atomic mass is 16.5. The molecule has 0 spiro atoms. The van der Waals surface area contributed by atoms with Crippen LogP contribution in [0.1, 0.15) is 20.9 Å². The van der Waals surface area contributed by atoms with Crippen molar-refractivity contribution in [2.45, 2.75) is 0 Å². The zero-order valence-corrected chi connectivity index (χ0v) is 17.9. The molecule has 1 aliphatic rings. The van der Waals surface area contributed by atoms with Gasteiger partial charge in [0.2, 0.25) is 5.91 Å². The molecule has 1 fully saturated rings. The third kappa shape index (κ3) is 5.98. The number of nitrogens with zero attached hydrogens (tertiary/aromatic N) is 1. The van der Waals surface area contributed by atoms with E-state index in [2.05, 4.69) is 16.0 Å². The monoisotopic (exact) mass is 448 g/mol. The average molecular weight is 448 g/mol. The number of nitrogens with one attached hydrogen (secondary N) is 3. The van der Waals surface area contributed by atoms with Gasteiger partial charge in [0.05, 0.1) is 26.0 Å². The summed E-state index contributed by atoms with van der Waals surface area (Å²) in [6.07, 6.45) is 1.42. The van der Waals surface area contributed by atoms with Crippen LogP contribution < -0.4 is 16.0 Å². The lowest BCUT2D eigenvalue weighted by molar-refractivity contribution is -0.114. The molecule has 0 saturated carbocycles. The van der Waals surface area contributed by atoms with E-state index in [1.54, 1.807) is 65.6 Å². The molecular weight excluding hydrogens is 424 g/mol. The SMILES string of the molecule is O=C(CNc1ccc(C(=O)N2CCOCC2)cc1)Nc1cccc(NC(=O)c2ccco2)c1. The Balaban J connectivity index is 1.27. The van der Waals surface area contributed by atoms with E-state index in [4.69, 9.17) is 9.15 Å². The Bertz CT molecular complexity index is 1110. The van der Waals surface area contributed by atoms with Crippen molar-refractivity contribution >= 4 is 34.8 Å². The minimum atomic E-state index is -0.374. The first-order valence-electron chi connectivity index (χ1n) is 10.5. The Kier molecular flexibility index (Phi) is 7.01. The van der Waals surface area contributed by atoms with Gasteiger partial charge in [0.15, 0.2) is 5.76 Å². The van der Waals surface area contributed by atoms with Crippen molar-refractivity contribution in [3.05, 3.63) is 78.3 Å². The van der Waals surface area contributed by atoms with Gasteiger partial charge in [0, 0.05) is 35.7 Å². The van der Waals surface area contributed by atoms with Crippen LogP contribution in [-0.4, -0.2) is 55.5 Å². The summed E-state index contributed by atoms with van der Waals surface area (Å²) >= 11 is 0. The number of rotatable bonds is 7. The maximum Gasteiger partial charge on any atom is 0.291 e. The van der Waals surface area contributed by atoms with Gasteiger partial charge in [-0.2, -0.15) is 0 Å². The molecule has 0 unspecified atom stereocenters. The summed E-state index contributed by atoms with van der Waals surface area (Å²) in [5.41, 5.74) is 2.40. The van der Waals surface area contributed by atoms with Crippen LogP contribution in [0.15, 0.2) is 71.3 Å². The van der Waals surface area contributed by atoms with Crippen LogP contribution in [0.3, 0.4) is 0 Å². The highest BCUT2D eigenvalue weighted by Crippen LogP contribution is 2.17. The Hall–Kier alpha value is -4.11. The molecule has 2 heterocycles. The maximum absolute atomic E-state index is 12.5. The summed E-state index contributed by atoms with van der Waals surface area (Å²) in [4.78, 5) is 38.7. The van der Waals surface area contributed by atoms with Crippen molar-refractivity contribution in [2.24, 2.45) is 0 Å². The molecule has 1 aliphatic heterocycles. The molecule has 0 radical (unpaired) electrons. The van der Waals surface area contributed by atoms with Crippen LogP contribution in [0.25, 0.3) is 0 Å². The van der Waals surface area contributed by atoms with Crippen molar-refractivity contribution in [1.82, 2.24) is 4.90 Å². The average Bonchev–Trinajstić information content (AvgIpc) is 3.39. The van der Waals surface area contributed by atoms with E-state index in [1.807, 2.05) is 0 Å². The lowest BCUT2D eigenvalue weighted by Crippen LogP contribution is -2.40. The second-order valence-electron chi connectivity index (χ2n) is 7.40. The maximum atomic E-state index is 12.5. The van der Waals surface area contributed by atoms with Crippen molar-refractivity contribution in [1.29, 1.82) is 0 Å². The zero-order valence-electron chi connectivity index (χ0n) is 17.9. The minimum Gasteiger partial charge on any atom is -0.459 e. The number of ether oxygens (including phenoxy) is 1. The van der Waals surface area contributed by atoms with Gasteiger partial charge in [-0.15, -0.1) is 0 Å². The molecule has 2 aromatic carbocycles. The number of amides is 3. The molecule has 1 saturated heterocycles. The largest absolute Gasteiger partial charge is 0.459 e. The number of benzene rings is 2. The molecule has 3 amide bonds. The van der Waals surface area contributed by atoms with Gasteiger partial charge in [0.25, 0.3) is 11.8 Å². The second-order valence-corrected chi connectivity index (χ2v) is 7.40.